The number of phenolic OH excluding ortho intramolecular Hbond substituents is 1. The van der Waals surface area contributed by atoms with E-state index in [1.165, 1.54) is 12.1 Å². The zero-order valence-electron chi connectivity index (χ0n) is 5.74. The van der Waals surface area contributed by atoms with Gasteiger partial charge in [0.1, 0.15) is 5.75 Å². The average Bonchev–Trinajstić information content (AvgIpc) is 1.93. The molecule has 0 aromatic heterocycles. The van der Waals surface area contributed by atoms with Gasteiger partial charge in [-0.1, -0.05) is 6.07 Å². The minimum Gasteiger partial charge on any atom is -0.507 e. The van der Waals surface area contributed by atoms with Crippen LogP contribution in [0.15, 0.2) is 18.2 Å². The molecule has 57 valence electrons. The molecule has 3 heteroatoms. The number of carbonyl (C=O) groups is 1. The van der Waals surface area contributed by atoms with Gasteiger partial charge in [-0.25, -0.2) is 0 Å². The van der Waals surface area contributed by atoms with Crippen molar-refractivity contribution in [1.29, 1.82) is 0 Å². The summed E-state index contributed by atoms with van der Waals surface area (Å²) in [5, 5.41) is 17.1. The van der Waals surface area contributed by atoms with E-state index in [0.29, 0.717) is 5.56 Å². The van der Waals surface area contributed by atoms with Crippen molar-refractivity contribution in [3.63, 3.8) is 0 Å². The SMILES string of the molecule is O=C(O)Cc1c[c]c(O)cc1. The molecule has 1 aromatic carbocycles. The largest absolute Gasteiger partial charge is 0.507 e. The molecule has 1 radical (unpaired) electrons. The Bertz CT molecular complexity index is 251. The Morgan fingerprint density at radius 1 is 1.55 bits per heavy atom. The van der Waals surface area contributed by atoms with E-state index >= 15 is 0 Å². The Labute approximate surface area is 63.9 Å². The van der Waals surface area contributed by atoms with Crippen molar-refractivity contribution in [2.45, 2.75) is 6.42 Å². The first-order chi connectivity index (χ1) is 5.18. The normalized spacial score (nSPS) is 9.45. The summed E-state index contributed by atoms with van der Waals surface area (Å²) in [4.78, 5) is 10.2. The van der Waals surface area contributed by atoms with Gasteiger partial charge in [0.2, 0.25) is 0 Å². The molecule has 11 heavy (non-hydrogen) atoms. The van der Waals surface area contributed by atoms with Crippen LogP contribution in [0.25, 0.3) is 0 Å². The van der Waals surface area contributed by atoms with E-state index < -0.39 is 5.97 Å². The first-order valence-corrected chi connectivity index (χ1v) is 3.10. The van der Waals surface area contributed by atoms with E-state index in [0.717, 1.165) is 0 Å². The Hall–Kier alpha value is -1.51. The van der Waals surface area contributed by atoms with E-state index in [2.05, 4.69) is 6.07 Å². The summed E-state index contributed by atoms with van der Waals surface area (Å²) in [6, 6.07) is 6.93. The minimum absolute atomic E-state index is 0.0270. The molecular weight excluding hydrogens is 144 g/mol. The topological polar surface area (TPSA) is 57.5 Å². The van der Waals surface area contributed by atoms with Gasteiger partial charge >= 0.3 is 5.97 Å². The van der Waals surface area contributed by atoms with Crippen molar-refractivity contribution in [3.05, 3.63) is 29.8 Å². The van der Waals surface area contributed by atoms with Crippen LogP contribution in [0.4, 0.5) is 0 Å². The van der Waals surface area contributed by atoms with Crippen molar-refractivity contribution >= 4 is 5.97 Å². The molecule has 0 bridgehead atoms. The van der Waals surface area contributed by atoms with Crippen LogP contribution >= 0.6 is 0 Å². The fourth-order valence-corrected chi connectivity index (χ4v) is 0.733. The van der Waals surface area contributed by atoms with Crippen molar-refractivity contribution in [3.8, 4) is 5.75 Å². The van der Waals surface area contributed by atoms with Crippen molar-refractivity contribution in [2.75, 3.05) is 0 Å². The van der Waals surface area contributed by atoms with Gasteiger partial charge in [-0.2, -0.15) is 0 Å². The summed E-state index contributed by atoms with van der Waals surface area (Å²) < 4.78 is 0. The number of hydrogen-bond acceptors (Lipinski definition) is 2. The van der Waals surface area contributed by atoms with Crippen LogP contribution in [0, 0.1) is 6.07 Å². The quantitative estimate of drug-likeness (QED) is 0.657. The molecule has 1 rings (SSSR count). The van der Waals surface area contributed by atoms with Crippen LogP contribution in [0.2, 0.25) is 0 Å². The van der Waals surface area contributed by atoms with E-state index in [9.17, 15) is 4.79 Å². The predicted octanol–water partition coefficient (Wildman–Crippen LogP) is 0.819. The molecule has 0 unspecified atom stereocenters. The molecule has 1 aromatic rings. The number of rotatable bonds is 2. The summed E-state index contributed by atoms with van der Waals surface area (Å²) in [6.07, 6.45) is -0.0310. The van der Waals surface area contributed by atoms with Gasteiger partial charge < -0.3 is 10.2 Å². The average molecular weight is 151 g/mol. The Morgan fingerprint density at radius 2 is 2.27 bits per heavy atom. The molecule has 0 fully saturated rings. The van der Waals surface area contributed by atoms with E-state index in [4.69, 9.17) is 10.2 Å². The Kier molecular flexibility index (Phi) is 2.11. The molecule has 0 heterocycles. The van der Waals surface area contributed by atoms with E-state index in [1.807, 2.05) is 0 Å². The minimum atomic E-state index is -0.885. The maximum atomic E-state index is 10.2. The lowest BCUT2D eigenvalue weighted by Crippen LogP contribution is -1.99. The second kappa shape index (κ2) is 3.05. The van der Waals surface area contributed by atoms with Gasteiger partial charge in [-0.05, 0) is 17.7 Å². The molecule has 0 amide bonds. The van der Waals surface area contributed by atoms with Gasteiger partial charge in [-0.15, -0.1) is 0 Å². The first kappa shape index (κ1) is 7.60. The number of hydrogen-bond donors (Lipinski definition) is 2. The third kappa shape index (κ3) is 2.29. The number of carboxylic acids is 1. The molecule has 0 aliphatic rings. The van der Waals surface area contributed by atoms with Gasteiger partial charge in [0, 0.05) is 6.07 Å². The first-order valence-electron chi connectivity index (χ1n) is 3.10. The summed E-state index contributed by atoms with van der Waals surface area (Å²) in [5.74, 6) is -0.858. The highest BCUT2D eigenvalue weighted by molar-refractivity contribution is 5.70. The molecular formula is C8H7O3. The summed E-state index contributed by atoms with van der Waals surface area (Å²) in [7, 11) is 0. The van der Waals surface area contributed by atoms with Crippen LogP contribution in [-0.2, 0) is 11.2 Å². The van der Waals surface area contributed by atoms with Gasteiger partial charge in [-0.3, -0.25) is 4.79 Å². The highest BCUT2D eigenvalue weighted by Crippen LogP contribution is 2.08. The molecule has 2 N–H and O–H groups in total. The second-order valence-electron chi connectivity index (χ2n) is 2.15. The zero-order valence-corrected chi connectivity index (χ0v) is 5.74. The second-order valence-corrected chi connectivity index (χ2v) is 2.15. The molecule has 0 saturated carbocycles. The number of aromatic hydroxyl groups is 1. The third-order valence-corrected chi connectivity index (χ3v) is 1.22. The number of carboxylic acid groups (broad SMARTS) is 1. The van der Waals surface area contributed by atoms with Gasteiger partial charge in [0.05, 0.1) is 6.42 Å². The van der Waals surface area contributed by atoms with Crippen LogP contribution in [0.3, 0.4) is 0 Å². The summed E-state index contributed by atoms with van der Waals surface area (Å²) >= 11 is 0. The van der Waals surface area contributed by atoms with Crippen LogP contribution in [0.5, 0.6) is 5.75 Å². The zero-order chi connectivity index (χ0) is 8.27. The predicted molar refractivity (Wildman–Crippen MR) is 38.3 cm³/mol. The fourth-order valence-electron chi connectivity index (χ4n) is 0.733. The van der Waals surface area contributed by atoms with Crippen LogP contribution < -0.4 is 0 Å². The molecule has 0 atom stereocenters. The number of aliphatic carboxylic acids is 1. The fraction of sp³-hybridized carbons (Fsp3) is 0.125. The molecule has 0 aliphatic heterocycles. The monoisotopic (exact) mass is 151 g/mol. The standard InChI is InChI=1S/C8H7O3/c9-7-3-1-6(2-4-7)5-8(10)11/h1-3,9H,5H2,(H,10,11). The van der Waals surface area contributed by atoms with Gasteiger partial charge in [0.15, 0.2) is 0 Å². The summed E-state index contributed by atoms with van der Waals surface area (Å²) in [5.41, 5.74) is 0.635. The molecule has 0 saturated heterocycles. The van der Waals surface area contributed by atoms with Crippen LogP contribution in [0.1, 0.15) is 5.56 Å². The maximum absolute atomic E-state index is 10.2. The number of benzene rings is 1. The highest BCUT2D eigenvalue weighted by atomic mass is 16.4. The lowest BCUT2D eigenvalue weighted by Gasteiger charge is -1.94. The van der Waals surface area contributed by atoms with Crippen LogP contribution in [-0.4, -0.2) is 16.2 Å². The smallest absolute Gasteiger partial charge is 0.307 e. The van der Waals surface area contributed by atoms with Crippen molar-refractivity contribution in [2.24, 2.45) is 0 Å². The van der Waals surface area contributed by atoms with E-state index in [1.54, 1.807) is 6.07 Å². The van der Waals surface area contributed by atoms with E-state index in [-0.39, 0.29) is 12.2 Å². The third-order valence-electron chi connectivity index (χ3n) is 1.22. The molecule has 3 nitrogen and oxygen atoms in total. The Morgan fingerprint density at radius 3 is 2.73 bits per heavy atom. The molecule has 0 spiro atoms. The summed E-state index contributed by atoms with van der Waals surface area (Å²) in [6.45, 7) is 0. The lowest BCUT2D eigenvalue weighted by molar-refractivity contribution is -0.136. The van der Waals surface area contributed by atoms with Crippen molar-refractivity contribution < 1.29 is 15.0 Å². The highest BCUT2D eigenvalue weighted by Gasteiger charge is 1.98. The number of phenols is 1. The van der Waals surface area contributed by atoms with Gasteiger partial charge in [0.25, 0.3) is 0 Å². The van der Waals surface area contributed by atoms with Crippen molar-refractivity contribution in [1.82, 2.24) is 0 Å². The lowest BCUT2D eigenvalue weighted by atomic mass is 10.1. The maximum Gasteiger partial charge on any atom is 0.307 e. The molecule has 0 aliphatic carbocycles. The Balaban J connectivity index is 2.74.